The van der Waals surface area contributed by atoms with Gasteiger partial charge in [0.05, 0.1) is 11.0 Å². The summed E-state index contributed by atoms with van der Waals surface area (Å²) in [6.45, 7) is 1.86. The fourth-order valence-corrected chi connectivity index (χ4v) is 2.86. The summed E-state index contributed by atoms with van der Waals surface area (Å²) in [5, 5.41) is 9.03. The van der Waals surface area contributed by atoms with Crippen molar-refractivity contribution in [1.29, 1.82) is 0 Å². The Morgan fingerprint density at radius 2 is 2.16 bits per heavy atom. The molecule has 2 aromatic rings. The summed E-state index contributed by atoms with van der Waals surface area (Å²) in [5.41, 5.74) is 3.37. The number of fused-ring (bicyclic) bond motifs is 1. The topological polar surface area (TPSA) is 47.3 Å². The first kappa shape index (κ1) is 12.6. The van der Waals surface area contributed by atoms with Crippen molar-refractivity contribution >= 4 is 11.0 Å². The van der Waals surface area contributed by atoms with Gasteiger partial charge in [-0.15, -0.1) is 0 Å². The van der Waals surface area contributed by atoms with Crippen LogP contribution in [-0.2, 0) is 18.2 Å². The Bertz CT molecular complexity index is 571. The quantitative estimate of drug-likeness (QED) is 0.918. The Hall–Kier alpha value is -1.39. The van der Waals surface area contributed by atoms with Gasteiger partial charge >= 0.3 is 0 Å². The smallest absolute Gasteiger partial charge is 0.112 e. The molecule has 0 radical (unpaired) electrons. The van der Waals surface area contributed by atoms with E-state index in [1.54, 1.807) is 0 Å². The van der Waals surface area contributed by atoms with Gasteiger partial charge in [-0.3, -0.25) is 0 Å². The molecular formula is C15H20N2O2. The summed E-state index contributed by atoms with van der Waals surface area (Å²) >= 11 is 0. The zero-order chi connectivity index (χ0) is 13.2. The summed E-state index contributed by atoms with van der Waals surface area (Å²) in [5.74, 6) is 1.67. The van der Waals surface area contributed by atoms with Crippen molar-refractivity contribution in [1.82, 2.24) is 9.55 Å². The van der Waals surface area contributed by atoms with Gasteiger partial charge in [-0.05, 0) is 37.0 Å². The molecule has 1 aliphatic rings. The average Bonchev–Trinajstić information content (AvgIpc) is 2.78. The van der Waals surface area contributed by atoms with Gasteiger partial charge in [-0.2, -0.15) is 0 Å². The van der Waals surface area contributed by atoms with Crippen LogP contribution in [0.25, 0.3) is 11.0 Å². The number of rotatable bonds is 3. The summed E-state index contributed by atoms with van der Waals surface area (Å²) < 4.78 is 7.62. The first-order valence-electron chi connectivity index (χ1n) is 6.93. The number of benzene rings is 1. The largest absolute Gasteiger partial charge is 0.396 e. The van der Waals surface area contributed by atoms with E-state index in [1.807, 2.05) is 0 Å². The zero-order valence-electron chi connectivity index (χ0n) is 11.3. The number of ether oxygens (including phenoxy) is 1. The fourth-order valence-electron chi connectivity index (χ4n) is 2.86. The molecule has 0 aliphatic carbocycles. The maximum absolute atomic E-state index is 9.03. The van der Waals surface area contributed by atoms with Crippen LogP contribution in [0.3, 0.4) is 0 Å². The number of aliphatic hydroxyl groups excluding tert-OH is 1. The molecule has 0 saturated carbocycles. The van der Waals surface area contributed by atoms with Gasteiger partial charge in [0.15, 0.2) is 0 Å². The normalized spacial score (nSPS) is 17.2. The Kier molecular flexibility index (Phi) is 3.53. The molecule has 1 saturated heterocycles. The molecule has 0 bridgehead atoms. The van der Waals surface area contributed by atoms with Crippen molar-refractivity contribution in [2.45, 2.75) is 25.2 Å². The number of imidazole rings is 1. The van der Waals surface area contributed by atoms with Gasteiger partial charge in [0.1, 0.15) is 5.82 Å². The van der Waals surface area contributed by atoms with Crippen LogP contribution in [0.5, 0.6) is 0 Å². The number of aryl methyl sites for hydroxylation is 1. The monoisotopic (exact) mass is 260 g/mol. The summed E-state index contributed by atoms with van der Waals surface area (Å²) in [7, 11) is 2.09. The Morgan fingerprint density at radius 3 is 2.89 bits per heavy atom. The van der Waals surface area contributed by atoms with Crippen molar-refractivity contribution in [2.24, 2.45) is 7.05 Å². The molecule has 4 nitrogen and oxygen atoms in total. The molecule has 1 aromatic heterocycles. The predicted molar refractivity (Wildman–Crippen MR) is 74.3 cm³/mol. The first-order chi connectivity index (χ1) is 9.29. The molecule has 1 N–H and O–H groups in total. The number of nitrogens with zero attached hydrogens (tertiary/aromatic N) is 2. The minimum Gasteiger partial charge on any atom is -0.396 e. The maximum Gasteiger partial charge on any atom is 0.112 e. The molecule has 102 valence electrons. The zero-order valence-corrected chi connectivity index (χ0v) is 11.3. The lowest BCUT2D eigenvalue weighted by Crippen LogP contribution is -2.17. The van der Waals surface area contributed by atoms with E-state index in [2.05, 4.69) is 29.8 Å². The number of hydrogen-bond donors (Lipinski definition) is 1. The molecule has 0 amide bonds. The SMILES string of the molecule is Cn1c(C2CCOCC2)nc2ccc(CCO)cc21. The molecule has 2 heterocycles. The third-order valence-corrected chi connectivity index (χ3v) is 3.97. The highest BCUT2D eigenvalue weighted by Gasteiger charge is 2.21. The molecule has 1 aliphatic heterocycles. The van der Waals surface area contributed by atoms with E-state index >= 15 is 0 Å². The van der Waals surface area contributed by atoms with Crippen LogP contribution in [0.4, 0.5) is 0 Å². The molecule has 1 aromatic carbocycles. The molecular weight excluding hydrogens is 240 g/mol. The standard InChI is InChI=1S/C15H20N2O2/c1-17-14-10-11(4-7-18)2-3-13(14)16-15(17)12-5-8-19-9-6-12/h2-3,10,12,18H,4-9H2,1H3. The molecule has 19 heavy (non-hydrogen) atoms. The molecule has 3 rings (SSSR count). The Balaban J connectivity index is 1.99. The highest BCUT2D eigenvalue weighted by Crippen LogP contribution is 2.28. The van der Waals surface area contributed by atoms with Crippen molar-refractivity contribution in [3.05, 3.63) is 29.6 Å². The Morgan fingerprint density at radius 1 is 1.37 bits per heavy atom. The van der Waals surface area contributed by atoms with Gasteiger partial charge in [0.2, 0.25) is 0 Å². The van der Waals surface area contributed by atoms with Crippen LogP contribution in [0.1, 0.15) is 30.1 Å². The maximum atomic E-state index is 9.03. The molecule has 0 spiro atoms. The second-order valence-electron chi connectivity index (χ2n) is 5.21. The lowest BCUT2D eigenvalue weighted by Gasteiger charge is -2.21. The number of hydrogen-bond acceptors (Lipinski definition) is 3. The highest BCUT2D eigenvalue weighted by molar-refractivity contribution is 5.77. The van der Waals surface area contributed by atoms with Gasteiger partial charge in [-0.25, -0.2) is 4.98 Å². The summed E-state index contributed by atoms with van der Waals surface area (Å²) in [6.07, 6.45) is 2.81. The van der Waals surface area contributed by atoms with E-state index in [4.69, 9.17) is 14.8 Å². The van der Waals surface area contributed by atoms with Crippen LogP contribution in [0.15, 0.2) is 18.2 Å². The second kappa shape index (κ2) is 5.31. The van der Waals surface area contributed by atoms with E-state index in [0.29, 0.717) is 12.3 Å². The summed E-state index contributed by atoms with van der Waals surface area (Å²) in [4.78, 5) is 4.78. The molecule has 0 atom stereocenters. The van der Waals surface area contributed by atoms with Gasteiger partial charge in [0, 0.05) is 32.8 Å². The number of aromatic nitrogens is 2. The van der Waals surface area contributed by atoms with Crippen molar-refractivity contribution < 1.29 is 9.84 Å². The lowest BCUT2D eigenvalue weighted by molar-refractivity contribution is 0.0831. The number of aliphatic hydroxyl groups is 1. The third-order valence-electron chi connectivity index (χ3n) is 3.97. The van der Waals surface area contributed by atoms with E-state index in [1.165, 1.54) is 5.82 Å². The van der Waals surface area contributed by atoms with Crippen LogP contribution in [0.2, 0.25) is 0 Å². The van der Waals surface area contributed by atoms with Crippen LogP contribution in [0, 0.1) is 0 Å². The van der Waals surface area contributed by atoms with Crippen LogP contribution >= 0.6 is 0 Å². The highest BCUT2D eigenvalue weighted by atomic mass is 16.5. The second-order valence-corrected chi connectivity index (χ2v) is 5.21. The fraction of sp³-hybridized carbons (Fsp3) is 0.533. The molecule has 4 heteroatoms. The van der Waals surface area contributed by atoms with E-state index in [-0.39, 0.29) is 6.61 Å². The first-order valence-corrected chi connectivity index (χ1v) is 6.93. The van der Waals surface area contributed by atoms with Crippen molar-refractivity contribution in [2.75, 3.05) is 19.8 Å². The predicted octanol–water partition coefficient (Wildman–Crippen LogP) is 2.00. The lowest BCUT2D eigenvalue weighted by atomic mass is 9.99. The minimum absolute atomic E-state index is 0.191. The Labute approximate surface area is 113 Å². The van der Waals surface area contributed by atoms with Gasteiger partial charge < -0.3 is 14.4 Å². The van der Waals surface area contributed by atoms with Crippen molar-refractivity contribution in [3.8, 4) is 0 Å². The van der Waals surface area contributed by atoms with Gasteiger partial charge in [-0.1, -0.05) is 6.07 Å². The minimum atomic E-state index is 0.191. The van der Waals surface area contributed by atoms with Crippen LogP contribution < -0.4 is 0 Å². The van der Waals surface area contributed by atoms with E-state index in [9.17, 15) is 0 Å². The van der Waals surface area contributed by atoms with Gasteiger partial charge in [0.25, 0.3) is 0 Å². The molecule has 1 fully saturated rings. The average molecular weight is 260 g/mol. The van der Waals surface area contributed by atoms with Crippen LogP contribution in [-0.4, -0.2) is 34.5 Å². The molecule has 0 unspecified atom stereocenters. The van der Waals surface area contributed by atoms with E-state index in [0.717, 1.165) is 42.7 Å². The van der Waals surface area contributed by atoms with E-state index < -0.39 is 0 Å². The summed E-state index contributed by atoms with van der Waals surface area (Å²) in [6, 6.07) is 6.25. The third kappa shape index (κ3) is 2.38. The van der Waals surface area contributed by atoms with Crippen molar-refractivity contribution in [3.63, 3.8) is 0 Å².